The molecule has 0 atom stereocenters. The summed E-state index contributed by atoms with van der Waals surface area (Å²) in [7, 11) is -3.63. The number of benzene rings is 2. The quantitative estimate of drug-likeness (QED) is 0.534. The van der Waals surface area contributed by atoms with Gasteiger partial charge in [0.15, 0.2) is 0 Å². The Kier molecular flexibility index (Phi) is 6.20. The molecule has 0 amide bonds. The van der Waals surface area contributed by atoms with E-state index in [2.05, 4.69) is 4.98 Å². The normalized spacial score (nSPS) is 15.0. The minimum absolute atomic E-state index is 0.0717. The van der Waals surface area contributed by atoms with Gasteiger partial charge < -0.3 is 9.15 Å². The number of esters is 1. The lowest BCUT2D eigenvalue weighted by atomic mass is 10.1. The van der Waals surface area contributed by atoms with Gasteiger partial charge >= 0.3 is 5.97 Å². The molecule has 1 aliphatic heterocycles. The fraction of sp³-hybridized carbons (Fsp3) is 0.304. The van der Waals surface area contributed by atoms with Crippen LogP contribution in [0.2, 0.25) is 0 Å². The monoisotopic (exact) mass is 440 g/mol. The molecular formula is C23H24N2O5S. The van der Waals surface area contributed by atoms with E-state index >= 15 is 0 Å². The minimum Gasteiger partial charge on any atom is -0.455 e. The molecule has 2 heterocycles. The standard InChI is InChI=1S/C23H24N2O5S/c1-17-10-11-20(31(27,28)25-12-6-3-7-13-25)14-21(17)23(26)30-16-19-15-29-22(24-19)18-8-4-2-5-9-18/h2,4-5,8-11,14-15H,3,6-7,12-13,16H2,1H3. The smallest absolute Gasteiger partial charge is 0.338 e. The van der Waals surface area contributed by atoms with Crippen LogP contribution in [0.5, 0.6) is 0 Å². The maximum Gasteiger partial charge on any atom is 0.338 e. The van der Waals surface area contributed by atoms with Gasteiger partial charge in [0.2, 0.25) is 15.9 Å². The van der Waals surface area contributed by atoms with E-state index in [0.717, 1.165) is 24.8 Å². The molecule has 8 heteroatoms. The highest BCUT2D eigenvalue weighted by Crippen LogP contribution is 2.24. The van der Waals surface area contributed by atoms with Crippen molar-refractivity contribution in [2.24, 2.45) is 0 Å². The SMILES string of the molecule is Cc1ccc(S(=O)(=O)N2CCCCC2)cc1C(=O)OCc1coc(-c2ccccc2)n1. The van der Waals surface area contributed by atoms with Crippen molar-refractivity contribution in [3.05, 3.63) is 71.6 Å². The van der Waals surface area contributed by atoms with Crippen LogP contribution >= 0.6 is 0 Å². The Hall–Kier alpha value is -2.97. The zero-order chi connectivity index (χ0) is 21.8. The maximum absolute atomic E-state index is 12.9. The Balaban J connectivity index is 1.47. The summed E-state index contributed by atoms with van der Waals surface area (Å²) in [6.45, 7) is 2.69. The first-order valence-electron chi connectivity index (χ1n) is 10.2. The predicted molar refractivity (Wildman–Crippen MR) is 115 cm³/mol. The van der Waals surface area contributed by atoms with E-state index in [1.54, 1.807) is 19.1 Å². The lowest BCUT2D eigenvalue weighted by Gasteiger charge is -2.26. The Morgan fingerprint density at radius 2 is 1.84 bits per heavy atom. The highest BCUT2D eigenvalue weighted by atomic mass is 32.2. The lowest BCUT2D eigenvalue weighted by molar-refractivity contribution is 0.0466. The van der Waals surface area contributed by atoms with Crippen LogP contribution in [0.4, 0.5) is 0 Å². The highest BCUT2D eigenvalue weighted by molar-refractivity contribution is 7.89. The average Bonchev–Trinajstić information content (AvgIpc) is 3.28. The van der Waals surface area contributed by atoms with E-state index in [4.69, 9.17) is 9.15 Å². The van der Waals surface area contributed by atoms with Crippen molar-refractivity contribution in [3.63, 3.8) is 0 Å². The molecule has 0 spiro atoms. The van der Waals surface area contributed by atoms with E-state index < -0.39 is 16.0 Å². The summed E-state index contributed by atoms with van der Waals surface area (Å²) in [6.07, 6.45) is 4.18. The molecule has 0 N–H and O–H groups in total. The Bertz CT molecular complexity index is 1170. The molecule has 4 rings (SSSR count). The molecule has 1 fully saturated rings. The summed E-state index contributed by atoms with van der Waals surface area (Å²) < 4.78 is 38.2. The van der Waals surface area contributed by atoms with Crippen LogP contribution in [0.25, 0.3) is 11.5 Å². The van der Waals surface area contributed by atoms with Crippen molar-refractivity contribution in [2.45, 2.75) is 37.7 Å². The number of oxazole rings is 1. The Morgan fingerprint density at radius 3 is 2.58 bits per heavy atom. The van der Waals surface area contributed by atoms with Crippen LogP contribution in [0.15, 0.2) is 64.1 Å². The topological polar surface area (TPSA) is 89.7 Å². The van der Waals surface area contributed by atoms with Gasteiger partial charge in [0.05, 0.1) is 10.5 Å². The molecule has 31 heavy (non-hydrogen) atoms. The number of carbonyl (C=O) groups is 1. The van der Waals surface area contributed by atoms with Gasteiger partial charge in [0.1, 0.15) is 18.6 Å². The van der Waals surface area contributed by atoms with Crippen LogP contribution in [-0.4, -0.2) is 36.8 Å². The number of hydrogen-bond acceptors (Lipinski definition) is 6. The number of sulfonamides is 1. The molecule has 1 aromatic heterocycles. The van der Waals surface area contributed by atoms with Crippen molar-refractivity contribution in [2.75, 3.05) is 13.1 Å². The van der Waals surface area contributed by atoms with Crippen LogP contribution in [0, 0.1) is 6.92 Å². The average molecular weight is 441 g/mol. The van der Waals surface area contributed by atoms with E-state index in [1.807, 2.05) is 30.3 Å². The van der Waals surface area contributed by atoms with Gasteiger partial charge in [-0.3, -0.25) is 0 Å². The van der Waals surface area contributed by atoms with Gasteiger partial charge in [-0.25, -0.2) is 18.2 Å². The van der Waals surface area contributed by atoms with Crippen molar-refractivity contribution >= 4 is 16.0 Å². The number of aryl methyl sites for hydroxylation is 1. The van der Waals surface area contributed by atoms with Gasteiger partial charge in [0, 0.05) is 18.7 Å². The highest BCUT2D eigenvalue weighted by Gasteiger charge is 2.27. The molecule has 0 aliphatic carbocycles. The summed E-state index contributed by atoms with van der Waals surface area (Å²) >= 11 is 0. The molecule has 162 valence electrons. The van der Waals surface area contributed by atoms with Crippen molar-refractivity contribution in [1.82, 2.24) is 9.29 Å². The number of ether oxygens (including phenoxy) is 1. The zero-order valence-electron chi connectivity index (χ0n) is 17.3. The van der Waals surface area contributed by atoms with Crippen molar-refractivity contribution in [1.29, 1.82) is 0 Å². The second kappa shape index (κ2) is 9.03. The van der Waals surface area contributed by atoms with E-state index in [0.29, 0.717) is 30.2 Å². The van der Waals surface area contributed by atoms with Gasteiger partial charge in [0.25, 0.3) is 0 Å². The van der Waals surface area contributed by atoms with Gasteiger partial charge in [-0.2, -0.15) is 4.31 Å². The largest absolute Gasteiger partial charge is 0.455 e. The molecule has 0 saturated carbocycles. The predicted octanol–water partition coefficient (Wildman–Crippen LogP) is 4.18. The van der Waals surface area contributed by atoms with Gasteiger partial charge in [-0.1, -0.05) is 30.7 Å². The third kappa shape index (κ3) is 4.70. The van der Waals surface area contributed by atoms with Crippen LogP contribution < -0.4 is 0 Å². The van der Waals surface area contributed by atoms with Crippen LogP contribution in [0.1, 0.15) is 40.9 Å². The van der Waals surface area contributed by atoms with Crippen LogP contribution in [0.3, 0.4) is 0 Å². The summed E-state index contributed by atoms with van der Waals surface area (Å²) in [4.78, 5) is 17.1. The fourth-order valence-corrected chi connectivity index (χ4v) is 5.08. The first-order chi connectivity index (χ1) is 14.9. The minimum atomic E-state index is -3.63. The Morgan fingerprint density at radius 1 is 1.10 bits per heavy atom. The number of nitrogens with zero attached hydrogens (tertiary/aromatic N) is 2. The number of aromatic nitrogens is 1. The molecular weight excluding hydrogens is 416 g/mol. The number of rotatable bonds is 6. The third-order valence-electron chi connectivity index (χ3n) is 5.31. The van der Waals surface area contributed by atoms with E-state index in [-0.39, 0.29) is 17.1 Å². The maximum atomic E-state index is 12.9. The second-order valence-electron chi connectivity index (χ2n) is 7.53. The van der Waals surface area contributed by atoms with Crippen molar-refractivity contribution < 1.29 is 22.4 Å². The second-order valence-corrected chi connectivity index (χ2v) is 9.47. The molecule has 0 unspecified atom stereocenters. The fourth-order valence-electron chi connectivity index (χ4n) is 3.54. The summed E-state index contributed by atoms with van der Waals surface area (Å²) in [5, 5.41) is 0. The number of carbonyl (C=O) groups excluding carboxylic acids is 1. The van der Waals surface area contributed by atoms with E-state index in [1.165, 1.54) is 16.6 Å². The molecule has 1 aliphatic rings. The summed E-state index contributed by atoms with van der Waals surface area (Å²) in [5.74, 6) is -0.157. The van der Waals surface area contributed by atoms with Gasteiger partial charge in [-0.05, 0) is 49.6 Å². The van der Waals surface area contributed by atoms with Gasteiger partial charge in [-0.15, -0.1) is 0 Å². The van der Waals surface area contributed by atoms with E-state index in [9.17, 15) is 13.2 Å². The number of piperidine rings is 1. The Labute approximate surface area is 181 Å². The van der Waals surface area contributed by atoms with Crippen LogP contribution in [-0.2, 0) is 21.4 Å². The molecule has 3 aromatic rings. The number of hydrogen-bond donors (Lipinski definition) is 0. The lowest BCUT2D eigenvalue weighted by Crippen LogP contribution is -2.35. The third-order valence-corrected chi connectivity index (χ3v) is 7.20. The summed E-state index contributed by atoms with van der Waals surface area (Å²) in [6, 6.07) is 14.0. The molecule has 0 bridgehead atoms. The first-order valence-corrected chi connectivity index (χ1v) is 11.7. The summed E-state index contributed by atoms with van der Waals surface area (Å²) in [5.41, 5.74) is 2.17. The molecule has 1 saturated heterocycles. The first kappa shape index (κ1) is 21.3. The molecule has 7 nitrogen and oxygen atoms in total. The molecule has 0 radical (unpaired) electrons. The van der Waals surface area contributed by atoms with Crippen molar-refractivity contribution in [3.8, 4) is 11.5 Å². The molecule has 2 aromatic carbocycles. The zero-order valence-corrected chi connectivity index (χ0v) is 18.1.